The van der Waals surface area contributed by atoms with Crippen molar-refractivity contribution in [3.63, 3.8) is 0 Å². The summed E-state index contributed by atoms with van der Waals surface area (Å²) in [5.74, 6) is 0.456. The number of anilines is 1. The number of nitrogens with one attached hydrogen (secondary N) is 3. The van der Waals surface area contributed by atoms with E-state index >= 15 is 0 Å². The Hall–Kier alpha value is -1.04. The lowest BCUT2D eigenvalue weighted by Gasteiger charge is -2.07. The van der Waals surface area contributed by atoms with E-state index < -0.39 is 11.2 Å². The molecule has 6 heteroatoms. The number of aromatic amines is 2. The maximum absolute atomic E-state index is 11.3. The quantitative estimate of drug-likeness (QED) is 0.645. The van der Waals surface area contributed by atoms with Crippen molar-refractivity contribution in [2.75, 3.05) is 11.9 Å². The first kappa shape index (κ1) is 15.0. The zero-order valence-corrected chi connectivity index (χ0v) is 12.2. The number of H-pyrrole nitrogens is 2. The number of rotatable bonds is 8. The van der Waals surface area contributed by atoms with E-state index in [0.717, 1.165) is 19.4 Å². The summed E-state index contributed by atoms with van der Waals surface area (Å²) in [4.78, 5) is 27.1. The summed E-state index contributed by atoms with van der Waals surface area (Å²) in [5.41, 5.74) is -0.905. The molecule has 0 aliphatic rings. The molecular weight excluding hydrogens is 298 g/mol. The molecule has 5 nitrogen and oxygen atoms in total. The van der Waals surface area contributed by atoms with Gasteiger partial charge in [0.05, 0.1) is 0 Å². The van der Waals surface area contributed by atoms with Crippen molar-refractivity contribution in [1.29, 1.82) is 0 Å². The van der Waals surface area contributed by atoms with Gasteiger partial charge < -0.3 is 5.32 Å². The molecule has 0 bridgehead atoms. The third kappa shape index (κ3) is 5.08. The molecule has 0 fully saturated rings. The molecule has 0 spiro atoms. The summed E-state index contributed by atoms with van der Waals surface area (Å²) in [7, 11) is 0. The SMILES string of the molecule is CCCCCCCCNc1[nH]c(=O)[nH]c(=O)c1Br. The standard InChI is InChI=1S/C12H20BrN3O2/c1-2-3-4-5-6-7-8-14-10-9(13)11(17)16-12(18)15-10/h2-8H2,1H3,(H3,14,15,16,17,18). The maximum atomic E-state index is 11.3. The van der Waals surface area contributed by atoms with Gasteiger partial charge in [0.15, 0.2) is 0 Å². The second kappa shape index (κ2) is 8.13. The van der Waals surface area contributed by atoms with Gasteiger partial charge in [0, 0.05) is 6.54 Å². The topological polar surface area (TPSA) is 77.8 Å². The van der Waals surface area contributed by atoms with Gasteiger partial charge in [0.1, 0.15) is 10.3 Å². The summed E-state index contributed by atoms with van der Waals surface area (Å²) in [6.07, 6.45) is 7.26. The Morgan fingerprint density at radius 2 is 1.72 bits per heavy atom. The van der Waals surface area contributed by atoms with E-state index in [2.05, 4.69) is 38.1 Å². The van der Waals surface area contributed by atoms with Crippen LogP contribution in [0.4, 0.5) is 5.82 Å². The van der Waals surface area contributed by atoms with E-state index in [9.17, 15) is 9.59 Å². The highest BCUT2D eigenvalue weighted by atomic mass is 79.9. The van der Waals surface area contributed by atoms with Crippen LogP contribution in [0, 0.1) is 0 Å². The molecule has 18 heavy (non-hydrogen) atoms. The molecule has 0 aliphatic carbocycles. The Balaban J connectivity index is 2.32. The molecule has 0 radical (unpaired) electrons. The first-order chi connectivity index (χ1) is 8.65. The van der Waals surface area contributed by atoms with E-state index in [-0.39, 0.29) is 0 Å². The summed E-state index contributed by atoms with van der Waals surface area (Å²) >= 11 is 3.14. The number of aromatic nitrogens is 2. The van der Waals surface area contributed by atoms with Gasteiger partial charge in [-0.3, -0.25) is 14.8 Å². The average molecular weight is 318 g/mol. The predicted octanol–water partition coefficient (Wildman–Crippen LogP) is 2.60. The van der Waals surface area contributed by atoms with Crippen molar-refractivity contribution in [2.24, 2.45) is 0 Å². The van der Waals surface area contributed by atoms with Gasteiger partial charge in [-0.1, -0.05) is 39.0 Å². The van der Waals surface area contributed by atoms with Crippen molar-refractivity contribution in [2.45, 2.75) is 45.4 Å². The van der Waals surface area contributed by atoms with Crippen LogP contribution >= 0.6 is 15.9 Å². The Morgan fingerprint density at radius 3 is 2.44 bits per heavy atom. The lowest BCUT2D eigenvalue weighted by Crippen LogP contribution is -2.25. The summed E-state index contributed by atoms with van der Waals surface area (Å²) < 4.78 is 0.341. The van der Waals surface area contributed by atoms with Gasteiger partial charge in [-0.2, -0.15) is 0 Å². The molecule has 0 aliphatic heterocycles. The fourth-order valence-electron chi connectivity index (χ4n) is 1.71. The van der Waals surface area contributed by atoms with E-state index in [4.69, 9.17) is 0 Å². The van der Waals surface area contributed by atoms with Crippen LogP contribution in [-0.4, -0.2) is 16.5 Å². The lowest BCUT2D eigenvalue weighted by atomic mass is 10.1. The highest BCUT2D eigenvalue weighted by Crippen LogP contribution is 2.12. The minimum atomic E-state index is -0.492. The van der Waals surface area contributed by atoms with E-state index in [1.807, 2.05) is 0 Å². The highest BCUT2D eigenvalue weighted by molar-refractivity contribution is 9.10. The monoisotopic (exact) mass is 317 g/mol. The van der Waals surface area contributed by atoms with Gasteiger partial charge in [0.2, 0.25) is 0 Å². The van der Waals surface area contributed by atoms with Crippen LogP contribution < -0.4 is 16.6 Å². The molecule has 1 heterocycles. The average Bonchev–Trinajstić information content (AvgIpc) is 2.33. The minimum absolute atomic E-state index is 0.341. The second-order valence-corrected chi connectivity index (χ2v) is 5.08. The minimum Gasteiger partial charge on any atom is -0.370 e. The predicted molar refractivity (Wildman–Crippen MR) is 77.2 cm³/mol. The molecule has 0 unspecified atom stereocenters. The van der Waals surface area contributed by atoms with Crippen LogP contribution in [0.5, 0.6) is 0 Å². The van der Waals surface area contributed by atoms with E-state index in [1.54, 1.807) is 0 Å². The summed E-state index contributed by atoms with van der Waals surface area (Å²) in [6.45, 7) is 2.95. The first-order valence-corrected chi connectivity index (χ1v) is 7.20. The van der Waals surface area contributed by atoms with Gasteiger partial charge in [-0.05, 0) is 22.4 Å². The molecule has 0 saturated carbocycles. The van der Waals surface area contributed by atoms with Gasteiger partial charge in [-0.15, -0.1) is 0 Å². The summed E-state index contributed by atoms with van der Waals surface area (Å²) in [5, 5.41) is 3.06. The van der Waals surface area contributed by atoms with Crippen molar-refractivity contribution >= 4 is 21.7 Å². The Bertz CT molecular complexity index is 467. The van der Waals surface area contributed by atoms with Crippen LogP contribution in [0.3, 0.4) is 0 Å². The zero-order valence-electron chi connectivity index (χ0n) is 10.6. The van der Waals surface area contributed by atoms with Crippen LogP contribution in [0.1, 0.15) is 45.4 Å². The smallest absolute Gasteiger partial charge is 0.327 e. The Kier molecular flexibility index (Phi) is 6.78. The molecule has 1 rings (SSSR count). The van der Waals surface area contributed by atoms with Crippen molar-refractivity contribution < 1.29 is 0 Å². The number of hydrogen-bond acceptors (Lipinski definition) is 3. The Morgan fingerprint density at radius 1 is 1.06 bits per heavy atom. The van der Waals surface area contributed by atoms with Crippen molar-refractivity contribution in [3.05, 3.63) is 25.3 Å². The normalized spacial score (nSPS) is 10.6. The van der Waals surface area contributed by atoms with Gasteiger partial charge in [0.25, 0.3) is 5.56 Å². The molecular formula is C12H20BrN3O2. The van der Waals surface area contributed by atoms with E-state index in [0.29, 0.717) is 10.3 Å². The van der Waals surface area contributed by atoms with Crippen LogP contribution in [-0.2, 0) is 0 Å². The van der Waals surface area contributed by atoms with Crippen molar-refractivity contribution in [1.82, 2.24) is 9.97 Å². The highest BCUT2D eigenvalue weighted by Gasteiger charge is 2.04. The number of hydrogen-bond donors (Lipinski definition) is 3. The molecule has 0 aromatic carbocycles. The maximum Gasteiger partial charge on any atom is 0.327 e. The van der Waals surface area contributed by atoms with Crippen LogP contribution in [0.2, 0.25) is 0 Å². The van der Waals surface area contributed by atoms with Crippen molar-refractivity contribution in [3.8, 4) is 0 Å². The summed E-state index contributed by atoms with van der Waals surface area (Å²) in [6, 6.07) is 0. The largest absolute Gasteiger partial charge is 0.370 e. The molecule has 1 aromatic rings. The molecule has 3 N–H and O–H groups in total. The van der Waals surface area contributed by atoms with Gasteiger partial charge >= 0.3 is 5.69 Å². The molecule has 0 amide bonds. The lowest BCUT2D eigenvalue weighted by molar-refractivity contribution is 0.616. The van der Waals surface area contributed by atoms with Gasteiger partial charge in [-0.25, -0.2) is 4.79 Å². The molecule has 102 valence electrons. The van der Waals surface area contributed by atoms with Crippen LogP contribution in [0.25, 0.3) is 0 Å². The third-order valence-corrected chi connectivity index (χ3v) is 3.47. The molecule has 0 atom stereocenters. The Labute approximate surface area is 115 Å². The zero-order chi connectivity index (χ0) is 13.4. The fourth-order valence-corrected chi connectivity index (χ4v) is 2.05. The molecule has 1 aromatic heterocycles. The first-order valence-electron chi connectivity index (χ1n) is 6.41. The second-order valence-electron chi connectivity index (χ2n) is 4.29. The van der Waals surface area contributed by atoms with Crippen LogP contribution in [0.15, 0.2) is 14.1 Å². The number of unbranched alkanes of at least 4 members (excludes halogenated alkanes) is 5. The van der Waals surface area contributed by atoms with E-state index in [1.165, 1.54) is 25.7 Å². The fraction of sp³-hybridized carbons (Fsp3) is 0.667. The third-order valence-electron chi connectivity index (χ3n) is 2.72. The number of halogens is 1. The molecule has 0 saturated heterocycles.